The van der Waals surface area contributed by atoms with Crippen LogP contribution >= 0.6 is 11.3 Å². The Kier molecular flexibility index (Phi) is 5.38. The summed E-state index contributed by atoms with van der Waals surface area (Å²) in [5.74, 6) is 1.15. The molecule has 1 amide bonds. The molecule has 1 N–H and O–H groups in total. The number of morpholine rings is 1. The molecule has 0 bridgehead atoms. The van der Waals surface area contributed by atoms with E-state index >= 15 is 0 Å². The average Bonchev–Trinajstić information content (AvgIpc) is 3.23. The van der Waals surface area contributed by atoms with Gasteiger partial charge in [0.15, 0.2) is 11.5 Å². The maximum absolute atomic E-state index is 12.6. The lowest BCUT2D eigenvalue weighted by Crippen LogP contribution is -2.48. The number of nitrogens with zero attached hydrogens (tertiary/aromatic N) is 1. The van der Waals surface area contributed by atoms with Crippen LogP contribution in [0.5, 0.6) is 11.5 Å². The second-order valence-corrected chi connectivity index (χ2v) is 7.27. The van der Waals surface area contributed by atoms with E-state index in [9.17, 15) is 4.79 Å². The van der Waals surface area contributed by atoms with Crippen molar-refractivity contribution >= 4 is 17.2 Å². The lowest BCUT2D eigenvalue weighted by atomic mass is 10.1. The van der Waals surface area contributed by atoms with Gasteiger partial charge in [-0.25, -0.2) is 0 Å². The first kappa shape index (κ1) is 17.3. The van der Waals surface area contributed by atoms with Crippen LogP contribution in [0.15, 0.2) is 41.8 Å². The number of ether oxygens (including phenoxy) is 3. The molecule has 2 aliphatic rings. The molecule has 2 atom stereocenters. The molecule has 0 saturated carbocycles. The average molecular weight is 374 g/mol. The van der Waals surface area contributed by atoms with Crippen LogP contribution in [0.4, 0.5) is 0 Å². The third-order valence-electron chi connectivity index (χ3n) is 4.63. The highest BCUT2D eigenvalue weighted by Gasteiger charge is 2.29. The quantitative estimate of drug-likeness (QED) is 0.868. The lowest BCUT2D eigenvalue weighted by Gasteiger charge is -2.34. The molecule has 0 aliphatic carbocycles. The van der Waals surface area contributed by atoms with Crippen molar-refractivity contribution in [3.8, 4) is 11.5 Å². The molecular formula is C19H22N2O4S. The number of hydrogen-bond donors (Lipinski definition) is 1. The second kappa shape index (κ2) is 8.07. The molecule has 2 unspecified atom stereocenters. The first-order valence-corrected chi connectivity index (χ1v) is 9.70. The summed E-state index contributed by atoms with van der Waals surface area (Å²) in [6, 6.07) is 11.7. The summed E-state index contributed by atoms with van der Waals surface area (Å²) in [5.41, 5.74) is 0. The van der Waals surface area contributed by atoms with Crippen LogP contribution in [0.2, 0.25) is 0 Å². The molecule has 2 aliphatic heterocycles. The summed E-state index contributed by atoms with van der Waals surface area (Å²) in [7, 11) is 0. The molecule has 1 saturated heterocycles. The SMILES string of the molecule is O=C(NCC(c1cccs1)N1CCOCC1)C1COc2ccccc2O1. The minimum absolute atomic E-state index is 0.144. The van der Waals surface area contributed by atoms with Crippen molar-refractivity contribution < 1.29 is 19.0 Å². The van der Waals surface area contributed by atoms with Crippen molar-refractivity contribution in [2.24, 2.45) is 0 Å². The standard InChI is InChI=1S/C19H22N2O4S/c22-19(17-13-24-15-4-1-2-5-16(15)25-17)20-12-14(18-6-3-11-26-18)21-7-9-23-10-8-21/h1-6,11,14,17H,7-10,12-13H2,(H,20,22). The van der Waals surface area contributed by atoms with Crippen molar-refractivity contribution in [3.05, 3.63) is 46.7 Å². The van der Waals surface area contributed by atoms with E-state index in [0.717, 1.165) is 26.3 Å². The van der Waals surface area contributed by atoms with Gasteiger partial charge in [0.05, 0.1) is 19.3 Å². The minimum Gasteiger partial charge on any atom is -0.485 e. The van der Waals surface area contributed by atoms with Crippen LogP contribution in [0, 0.1) is 0 Å². The Balaban J connectivity index is 1.39. The van der Waals surface area contributed by atoms with Gasteiger partial charge >= 0.3 is 0 Å². The van der Waals surface area contributed by atoms with Gasteiger partial charge in [0.25, 0.3) is 5.91 Å². The fraction of sp³-hybridized carbons (Fsp3) is 0.421. The number of hydrogen-bond acceptors (Lipinski definition) is 6. The number of para-hydroxylation sites is 2. The Hall–Kier alpha value is -2.09. The van der Waals surface area contributed by atoms with Crippen molar-refractivity contribution in [1.29, 1.82) is 0 Å². The molecule has 6 nitrogen and oxygen atoms in total. The Morgan fingerprint density at radius 2 is 2.00 bits per heavy atom. The molecule has 3 heterocycles. The second-order valence-electron chi connectivity index (χ2n) is 6.29. The van der Waals surface area contributed by atoms with Gasteiger partial charge in [0.2, 0.25) is 6.10 Å². The highest BCUT2D eigenvalue weighted by Crippen LogP contribution is 2.31. The van der Waals surface area contributed by atoms with E-state index in [-0.39, 0.29) is 18.6 Å². The summed E-state index contributed by atoms with van der Waals surface area (Å²) < 4.78 is 16.9. The minimum atomic E-state index is -0.626. The maximum atomic E-state index is 12.6. The molecule has 138 valence electrons. The zero-order valence-electron chi connectivity index (χ0n) is 14.4. The Labute approximate surface area is 156 Å². The summed E-state index contributed by atoms with van der Waals surface area (Å²) in [5, 5.41) is 5.12. The van der Waals surface area contributed by atoms with Crippen molar-refractivity contribution in [2.75, 3.05) is 39.5 Å². The first-order chi connectivity index (χ1) is 12.8. The van der Waals surface area contributed by atoms with Gasteiger partial charge in [0.1, 0.15) is 6.61 Å². The van der Waals surface area contributed by atoms with Gasteiger partial charge in [-0.2, -0.15) is 0 Å². The monoisotopic (exact) mass is 374 g/mol. The predicted molar refractivity (Wildman–Crippen MR) is 98.8 cm³/mol. The largest absolute Gasteiger partial charge is 0.485 e. The first-order valence-electron chi connectivity index (χ1n) is 8.82. The Bertz CT molecular complexity index is 731. The number of nitrogens with one attached hydrogen (secondary N) is 1. The third-order valence-corrected chi connectivity index (χ3v) is 5.60. The van der Waals surface area contributed by atoms with Crippen LogP contribution < -0.4 is 14.8 Å². The predicted octanol–water partition coefficient (Wildman–Crippen LogP) is 2.08. The van der Waals surface area contributed by atoms with Gasteiger partial charge in [-0.1, -0.05) is 18.2 Å². The van der Waals surface area contributed by atoms with Gasteiger partial charge in [-0.05, 0) is 23.6 Å². The molecule has 1 aromatic heterocycles. The van der Waals surface area contributed by atoms with Crippen LogP contribution in [-0.4, -0.2) is 56.4 Å². The van der Waals surface area contributed by atoms with Crippen LogP contribution in [0.3, 0.4) is 0 Å². The summed E-state index contributed by atoms with van der Waals surface area (Å²) in [6.45, 7) is 3.97. The highest BCUT2D eigenvalue weighted by atomic mass is 32.1. The summed E-state index contributed by atoms with van der Waals surface area (Å²) >= 11 is 1.71. The number of amides is 1. The maximum Gasteiger partial charge on any atom is 0.264 e. The van der Waals surface area contributed by atoms with E-state index in [0.29, 0.717) is 18.0 Å². The van der Waals surface area contributed by atoms with E-state index in [4.69, 9.17) is 14.2 Å². The van der Waals surface area contributed by atoms with Gasteiger partial charge in [0, 0.05) is 24.5 Å². The van der Waals surface area contributed by atoms with Crippen molar-refractivity contribution in [3.63, 3.8) is 0 Å². The Morgan fingerprint density at radius 1 is 1.19 bits per heavy atom. The zero-order valence-corrected chi connectivity index (χ0v) is 15.2. The highest BCUT2D eigenvalue weighted by molar-refractivity contribution is 7.10. The molecule has 7 heteroatoms. The summed E-state index contributed by atoms with van der Waals surface area (Å²) in [6.07, 6.45) is -0.626. The smallest absolute Gasteiger partial charge is 0.264 e. The summed E-state index contributed by atoms with van der Waals surface area (Å²) in [4.78, 5) is 16.2. The van der Waals surface area contributed by atoms with Crippen LogP contribution in [0.1, 0.15) is 10.9 Å². The number of benzene rings is 1. The topological polar surface area (TPSA) is 60.0 Å². The zero-order chi connectivity index (χ0) is 17.8. The number of thiophene rings is 1. The molecule has 1 aromatic carbocycles. The van der Waals surface area contributed by atoms with E-state index in [2.05, 4.69) is 21.7 Å². The molecule has 0 spiro atoms. The van der Waals surface area contributed by atoms with Gasteiger partial charge < -0.3 is 19.5 Å². The number of carbonyl (C=O) groups is 1. The number of rotatable bonds is 5. The number of fused-ring (bicyclic) bond motifs is 1. The fourth-order valence-electron chi connectivity index (χ4n) is 3.24. The molecule has 1 fully saturated rings. The van der Waals surface area contributed by atoms with E-state index in [1.54, 1.807) is 11.3 Å². The molecule has 26 heavy (non-hydrogen) atoms. The van der Waals surface area contributed by atoms with E-state index in [1.165, 1.54) is 4.88 Å². The Morgan fingerprint density at radius 3 is 2.77 bits per heavy atom. The van der Waals surface area contributed by atoms with Crippen molar-refractivity contribution in [2.45, 2.75) is 12.1 Å². The molecule has 0 radical (unpaired) electrons. The van der Waals surface area contributed by atoms with Gasteiger partial charge in [-0.15, -0.1) is 11.3 Å². The third kappa shape index (κ3) is 3.85. The van der Waals surface area contributed by atoms with Crippen molar-refractivity contribution in [1.82, 2.24) is 10.2 Å². The van der Waals surface area contributed by atoms with E-state index < -0.39 is 6.10 Å². The molecular weight excluding hydrogens is 352 g/mol. The van der Waals surface area contributed by atoms with E-state index in [1.807, 2.05) is 30.3 Å². The molecule has 4 rings (SSSR count). The fourth-order valence-corrected chi connectivity index (χ4v) is 4.10. The number of carbonyl (C=O) groups excluding carboxylic acids is 1. The lowest BCUT2D eigenvalue weighted by molar-refractivity contribution is -0.130. The normalized spacial score (nSPS) is 21.2. The van der Waals surface area contributed by atoms with Crippen LogP contribution in [-0.2, 0) is 9.53 Å². The van der Waals surface area contributed by atoms with Gasteiger partial charge in [-0.3, -0.25) is 9.69 Å². The molecule has 2 aromatic rings. The van der Waals surface area contributed by atoms with Crippen LogP contribution in [0.25, 0.3) is 0 Å².